The average molecular weight is 582 g/mol. The lowest BCUT2D eigenvalue weighted by atomic mass is 10.1. The van der Waals surface area contributed by atoms with E-state index in [2.05, 4.69) is 5.32 Å². The van der Waals surface area contributed by atoms with Gasteiger partial charge in [0, 0.05) is 19.2 Å². The highest BCUT2D eigenvalue weighted by Crippen LogP contribution is 2.32. The van der Waals surface area contributed by atoms with Crippen molar-refractivity contribution in [2.75, 3.05) is 31.6 Å². The van der Waals surface area contributed by atoms with Crippen LogP contribution in [-0.2, 0) is 26.2 Å². The third-order valence-corrected chi connectivity index (χ3v) is 8.36. The lowest BCUT2D eigenvalue weighted by Gasteiger charge is -2.32. The first-order valence-corrected chi connectivity index (χ1v) is 14.8. The number of carbonyl (C=O) groups excluding carboxylic acids is 2. The number of nitrogens with one attached hydrogen (secondary N) is 1. The zero-order chi connectivity index (χ0) is 30.2. The Morgan fingerprint density at radius 3 is 2.10 bits per heavy atom. The van der Waals surface area contributed by atoms with Gasteiger partial charge >= 0.3 is 0 Å². The fourth-order valence-electron chi connectivity index (χ4n) is 4.15. The summed E-state index contributed by atoms with van der Waals surface area (Å²) in [6, 6.07) is 19.5. The molecule has 3 aromatic carbocycles. The molecule has 0 heterocycles. The van der Waals surface area contributed by atoms with Crippen LogP contribution in [0.3, 0.4) is 0 Å². The normalized spacial score (nSPS) is 12.0. The van der Waals surface area contributed by atoms with Crippen molar-refractivity contribution in [3.63, 3.8) is 0 Å². The summed E-state index contributed by atoms with van der Waals surface area (Å²) in [5, 5.41) is 2.89. The van der Waals surface area contributed by atoms with Gasteiger partial charge in [0.05, 0.1) is 24.8 Å². The zero-order valence-electron chi connectivity index (χ0n) is 24.5. The number of aryl methyl sites for hydroxylation is 1. The van der Waals surface area contributed by atoms with Crippen molar-refractivity contribution in [3.05, 3.63) is 83.9 Å². The molecule has 0 spiro atoms. The average Bonchev–Trinajstić information content (AvgIpc) is 2.97. The van der Waals surface area contributed by atoms with Crippen molar-refractivity contribution in [2.24, 2.45) is 5.92 Å². The van der Waals surface area contributed by atoms with Gasteiger partial charge in [-0.1, -0.05) is 61.9 Å². The molecular formula is C31H39N3O6S. The Hall–Kier alpha value is -4.05. The molecule has 1 N–H and O–H groups in total. The van der Waals surface area contributed by atoms with Crippen LogP contribution in [0.1, 0.15) is 31.9 Å². The largest absolute Gasteiger partial charge is 0.493 e. The van der Waals surface area contributed by atoms with Crippen LogP contribution in [0.25, 0.3) is 0 Å². The maximum atomic E-state index is 14.0. The van der Waals surface area contributed by atoms with Crippen LogP contribution in [-0.4, -0.2) is 58.5 Å². The smallest absolute Gasteiger partial charge is 0.264 e. The first-order chi connectivity index (χ1) is 19.5. The summed E-state index contributed by atoms with van der Waals surface area (Å²) in [5.41, 5.74) is 2.19. The molecule has 1 atom stereocenters. The van der Waals surface area contributed by atoms with Gasteiger partial charge in [-0.2, -0.15) is 0 Å². The summed E-state index contributed by atoms with van der Waals surface area (Å²) in [5.74, 6) is 0.00935. The predicted octanol–water partition coefficient (Wildman–Crippen LogP) is 4.40. The van der Waals surface area contributed by atoms with Gasteiger partial charge in [0.1, 0.15) is 12.6 Å². The molecule has 0 fully saturated rings. The minimum absolute atomic E-state index is 0.0698. The fraction of sp³-hybridized carbons (Fsp3) is 0.355. The second-order valence-corrected chi connectivity index (χ2v) is 12.0. The highest BCUT2D eigenvalue weighted by molar-refractivity contribution is 7.92. The summed E-state index contributed by atoms with van der Waals surface area (Å²) in [6.45, 7) is 7.65. The number of benzene rings is 3. The maximum absolute atomic E-state index is 14.0. The van der Waals surface area contributed by atoms with Gasteiger partial charge in [-0.3, -0.25) is 13.9 Å². The molecule has 0 aliphatic heterocycles. The van der Waals surface area contributed by atoms with Crippen LogP contribution < -0.4 is 19.1 Å². The fourth-order valence-corrected chi connectivity index (χ4v) is 5.58. The van der Waals surface area contributed by atoms with E-state index >= 15 is 0 Å². The molecule has 0 saturated heterocycles. The molecule has 0 saturated carbocycles. The molecule has 220 valence electrons. The van der Waals surface area contributed by atoms with Gasteiger partial charge < -0.3 is 19.7 Å². The Labute approximate surface area is 243 Å². The summed E-state index contributed by atoms with van der Waals surface area (Å²) in [6.07, 6.45) is 0. The number of carbonyl (C=O) groups is 2. The number of nitrogens with zero attached hydrogens (tertiary/aromatic N) is 2. The Bertz CT molecular complexity index is 1430. The van der Waals surface area contributed by atoms with Gasteiger partial charge in [-0.25, -0.2) is 8.42 Å². The number of ether oxygens (including phenoxy) is 2. The molecule has 3 rings (SSSR count). The summed E-state index contributed by atoms with van der Waals surface area (Å²) in [4.78, 5) is 28.4. The minimum Gasteiger partial charge on any atom is -0.493 e. The van der Waals surface area contributed by atoms with E-state index < -0.39 is 28.5 Å². The zero-order valence-corrected chi connectivity index (χ0v) is 25.3. The second-order valence-electron chi connectivity index (χ2n) is 10.2. The minimum atomic E-state index is -4.24. The van der Waals surface area contributed by atoms with E-state index in [1.165, 1.54) is 37.3 Å². The second kappa shape index (κ2) is 14.0. The molecule has 0 aliphatic carbocycles. The highest BCUT2D eigenvalue weighted by atomic mass is 32.2. The Morgan fingerprint density at radius 1 is 0.878 bits per heavy atom. The number of para-hydroxylation sites is 1. The highest BCUT2D eigenvalue weighted by Gasteiger charge is 2.33. The molecule has 41 heavy (non-hydrogen) atoms. The van der Waals surface area contributed by atoms with E-state index in [9.17, 15) is 18.0 Å². The summed E-state index contributed by atoms with van der Waals surface area (Å²) >= 11 is 0. The van der Waals surface area contributed by atoms with Gasteiger partial charge in [0.15, 0.2) is 11.5 Å². The first kappa shape index (κ1) is 31.5. The number of amides is 2. The lowest BCUT2D eigenvalue weighted by molar-refractivity contribution is -0.139. The number of rotatable bonds is 13. The van der Waals surface area contributed by atoms with Gasteiger partial charge in [-0.15, -0.1) is 0 Å². The van der Waals surface area contributed by atoms with Crippen LogP contribution in [0.15, 0.2) is 77.7 Å². The standard InChI is InChI=1S/C31H39N3O6S/c1-22(2)19-32-31(36)24(4)33(20-25-14-12-23(3)13-15-25)30(35)21-34(26-10-8-7-9-11-26)41(37,38)27-16-17-28(39-5)29(18-27)40-6/h7-18,22,24H,19-21H2,1-6H3,(H,32,36). The quantitative estimate of drug-likeness (QED) is 0.321. The SMILES string of the molecule is COc1ccc(S(=O)(=O)N(CC(=O)N(Cc2ccc(C)cc2)C(C)C(=O)NCC(C)C)c2ccccc2)cc1OC. The molecule has 2 amide bonds. The number of anilines is 1. The molecule has 1 unspecified atom stereocenters. The Morgan fingerprint density at radius 2 is 1.51 bits per heavy atom. The molecule has 0 radical (unpaired) electrons. The van der Waals surface area contributed by atoms with Crippen molar-refractivity contribution in [1.82, 2.24) is 10.2 Å². The van der Waals surface area contributed by atoms with Crippen molar-refractivity contribution in [3.8, 4) is 11.5 Å². The van der Waals surface area contributed by atoms with Crippen molar-refractivity contribution in [1.29, 1.82) is 0 Å². The van der Waals surface area contributed by atoms with Gasteiger partial charge in [0.2, 0.25) is 11.8 Å². The number of methoxy groups -OCH3 is 2. The van der Waals surface area contributed by atoms with Crippen molar-refractivity contribution >= 4 is 27.5 Å². The Kier molecular flexibility index (Phi) is 10.8. The molecule has 0 aromatic heterocycles. The summed E-state index contributed by atoms with van der Waals surface area (Å²) in [7, 11) is -1.36. The first-order valence-electron chi connectivity index (χ1n) is 13.4. The third-order valence-electron chi connectivity index (χ3n) is 6.59. The molecule has 0 bridgehead atoms. The monoisotopic (exact) mass is 581 g/mol. The molecule has 9 nitrogen and oxygen atoms in total. The Balaban J connectivity index is 2.02. The molecular weight excluding hydrogens is 542 g/mol. The number of sulfonamides is 1. The third kappa shape index (κ3) is 8.00. The number of hydrogen-bond donors (Lipinski definition) is 1. The van der Waals surface area contributed by atoms with Crippen LogP contribution in [0.4, 0.5) is 5.69 Å². The lowest BCUT2D eigenvalue weighted by Crippen LogP contribution is -2.51. The number of hydrogen-bond acceptors (Lipinski definition) is 6. The van der Waals surface area contributed by atoms with Crippen LogP contribution in [0.5, 0.6) is 11.5 Å². The van der Waals surface area contributed by atoms with Crippen LogP contribution in [0.2, 0.25) is 0 Å². The van der Waals surface area contributed by atoms with E-state index in [0.717, 1.165) is 15.4 Å². The molecule has 3 aromatic rings. The van der Waals surface area contributed by atoms with E-state index in [-0.39, 0.29) is 29.0 Å². The van der Waals surface area contributed by atoms with Crippen molar-refractivity contribution in [2.45, 2.75) is 45.2 Å². The summed E-state index contributed by atoms with van der Waals surface area (Å²) < 4.78 is 39.7. The molecule has 0 aliphatic rings. The van der Waals surface area contributed by atoms with Crippen molar-refractivity contribution < 1.29 is 27.5 Å². The van der Waals surface area contributed by atoms with Crippen LogP contribution in [0, 0.1) is 12.8 Å². The topological polar surface area (TPSA) is 105 Å². The van der Waals surface area contributed by atoms with E-state index in [1.54, 1.807) is 37.3 Å². The van der Waals surface area contributed by atoms with Crippen LogP contribution >= 0.6 is 0 Å². The van der Waals surface area contributed by atoms with E-state index in [0.29, 0.717) is 18.0 Å². The predicted molar refractivity (Wildman–Crippen MR) is 160 cm³/mol. The van der Waals surface area contributed by atoms with E-state index in [4.69, 9.17) is 9.47 Å². The molecule has 10 heteroatoms. The van der Waals surface area contributed by atoms with Gasteiger partial charge in [0.25, 0.3) is 10.0 Å². The van der Waals surface area contributed by atoms with E-state index in [1.807, 2.05) is 45.0 Å². The maximum Gasteiger partial charge on any atom is 0.264 e. The van der Waals surface area contributed by atoms with Gasteiger partial charge in [-0.05, 0) is 49.6 Å².